The summed E-state index contributed by atoms with van der Waals surface area (Å²) >= 11 is 0. The maximum Gasteiger partial charge on any atom is 0.313 e. The lowest BCUT2D eigenvalue weighted by atomic mass is 10.2. The summed E-state index contributed by atoms with van der Waals surface area (Å²) in [5, 5.41) is 25.2. The minimum atomic E-state index is -1.54. The fourth-order valence-electron chi connectivity index (χ4n) is 1.50. The first kappa shape index (κ1) is 18.7. The number of carbonyl (C=O) groups excluding carboxylic acids is 2. The first-order chi connectivity index (χ1) is 10.9. The van der Waals surface area contributed by atoms with Crippen molar-refractivity contribution in [3.05, 3.63) is 24.3 Å². The molecule has 0 fully saturated rings. The number of azo groups is 1. The molecule has 0 aliphatic carbocycles. The number of nitrogens with zero attached hydrogens (tertiary/aromatic N) is 2. The Labute approximate surface area is 133 Å². The number of rotatable bonds is 9. The monoisotopic (exact) mass is 324 g/mol. The molecule has 0 bridgehead atoms. The van der Waals surface area contributed by atoms with Gasteiger partial charge in [-0.2, -0.15) is 10.2 Å². The molecule has 1 atom stereocenters. The van der Waals surface area contributed by atoms with Crippen LogP contribution in [0.2, 0.25) is 0 Å². The molecule has 8 heteroatoms. The van der Waals surface area contributed by atoms with Crippen LogP contribution in [0.4, 0.5) is 5.69 Å². The van der Waals surface area contributed by atoms with Gasteiger partial charge in [-0.3, -0.25) is 9.59 Å². The average molecular weight is 324 g/mol. The average Bonchev–Trinajstić information content (AvgIpc) is 2.51. The van der Waals surface area contributed by atoms with Gasteiger partial charge in [0.05, 0.1) is 12.3 Å². The highest BCUT2D eigenvalue weighted by Crippen LogP contribution is 2.19. The minimum Gasteiger partial charge on any atom is -0.488 e. The van der Waals surface area contributed by atoms with Gasteiger partial charge in [0.2, 0.25) is 0 Å². The van der Waals surface area contributed by atoms with E-state index in [-0.39, 0.29) is 25.4 Å². The summed E-state index contributed by atoms with van der Waals surface area (Å²) in [5.41, 5.74) is 0.498. The number of hydrogen-bond acceptors (Lipinski definition) is 8. The molecule has 2 N–H and O–H groups in total. The molecule has 8 nitrogen and oxygen atoms in total. The van der Waals surface area contributed by atoms with Gasteiger partial charge < -0.3 is 19.7 Å². The first-order valence-corrected chi connectivity index (χ1v) is 7.10. The van der Waals surface area contributed by atoms with Crippen LogP contribution in [-0.4, -0.2) is 47.5 Å². The third kappa shape index (κ3) is 7.48. The number of ketones is 1. The minimum absolute atomic E-state index is 0.226. The lowest BCUT2D eigenvalue weighted by molar-refractivity contribution is -0.145. The van der Waals surface area contributed by atoms with Crippen molar-refractivity contribution in [1.82, 2.24) is 0 Å². The second kappa shape index (κ2) is 9.65. The smallest absolute Gasteiger partial charge is 0.313 e. The summed E-state index contributed by atoms with van der Waals surface area (Å²) in [5.74, 6) is -0.500. The maximum atomic E-state index is 11.7. The number of esters is 1. The molecular weight excluding hydrogens is 304 g/mol. The fourth-order valence-corrected chi connectivity index (χ4v) is 1.50. The fraction of sp³-hybridized carbons (Fsp3) is 0.467. The van der Waals surface area contributed by atoms with E-state index in [0.29, 0.717) is 11.4 Å². The van der Waals surface area contributed by atoms with Gasteiger partial charge in [0.15, 0.2) is 12.1 Å². The van der Waals surface area contributed by atoms with Crippen LogP contribution in [0, 0.1) is 0 Å². The van der Waals surface area contributed by atoms with E-state index in [0.717, 1.165) is 0 Å². The van der Waals surface area contributed by atoms with E-state index in [2.05, 4.69) is 10.2 Å². The molecule has 126 valence electrons. The van der Waals surface area contributed by atoms with Crippen molar-refractivity contribution in [3.63, 3.8) is 0 Å². The molecule has 0 amide bonds. The first-order valence-electron chi connectivity index (χ1n) is 7.10. The lowest BCUT2D eigenvalue weighted by Crippen LogP contribution is -2.19. The lowest BCUT2D eigenvalue weighted by Gasteiger charge is -2.07. The van der Waals surface area contributed by atoms with E-state index >= 15 is 0 Å². The zero-order chi connectivity index (χ0) is 17.2. The molecular formula is C15H20N2O6. The standard InChI is InChI=1S/C15H20N2O6/c1-3-22-15(21)8-13(18)10(2)16-17-11-4-6-12(7-5-11)23-9-14(19)20/h4-7,10,14,19-20H,3,8-9H2,1-2H3. The Balaban J connectivity index is 2.52. The summed E-state index contributed by atoms with van der Waals surface area (Å²) in [6.07, 6.45) is -1.87. The Morgan fingerprint density at radius 1 is 1.22 bits per heavy atom. The third-order valence-electron chi connectivity index (χ3n) is 2.67. The van der Waals surface area contributed by atoms with Gasteiger partial charge in [0.25, 0.3) is 0 Å². The van der Waals surface area contributed by atoms with Crippen LogP contribution in [0.25, 0.3) is 0 Å². The Morgan fingerprint density at radius 3 is 2.43 bits per heavy atom. The van der Waals surface area contributed by atoms with Crippen LogP contribution in [0.5, 0.6) is 5.75 Å². The van der Waals surface area contributed by atoms with E-state index in [9.17, 15) is 9.59 Å². The Kier molecular flexibility index (Phi) is 7.86. The molecule has 0 spiro atoms. The van der Waals surface area contributed by atoms with E-state index in [1.54, 1.807) is 38.1 Å². The molecule has 0 radical (unpaired) electrons. The van der Waals surface area contributed by atoms with Crippen LogP contribution in [0.1, 0.15) is 20.3 Å². The normalized spacial score (nSPS) is 12.4. The molecule has 1 aromatic rings. The Hall–Kier alpha value is -2.32. The molecule has 0 aromatic heterocycles. The number of aliphatic hydroxyl groups excluding tert-OH is 1. The molecule has 0 aliphatic rings. The van der Waals surface area contributed by atoms with Crippen LogP contribution in [0.15, 0.2) is 34.5 Å². The zero-order valence-corrected chi connectivity index (χ0v) is 13.0. The molecule has 1 unspecified atom stereocenters. The van der Waals surface area contributed by atoms with Crippen molar-refractivity contribution in [2.45, 2.75) is 32.6 Å². The number of hydrogen-bond donors (Lipinski definition) is 2. The molecule has 23 heavy (non-hydrogen) atoms. The van der Waals surface area contributed by atoms with Crippen LogP contribution in [0.3, 0.4) is 0 Å². The number of benzene rings is 1. The van der Waals surface area contributed by atoms with Crippen molar-refractivity contribution in [2.24, 2.45) is 10.2 Å². The van der Waals surface area contributed by atoms with E-state index in [1.807, 2.05) is 0 Å². The highest BCUT2D eigenvalue weighted by atomic mass is 16.5. The van der Waals surface area contributed by atoms with Crippen molar-refractivity contribution in [2.75, 3.05) is 13.2 Å². The van der Waals surface area contributed by atoms with Gasteiger partial charge in [-0.05, 0) is 38.1 Å². The molecule has 0 heterocycles. The van der Waals surface area contributed by atoms with Gasteiger partial charge >= 0.3 is 5.97 Å². The number of ether oxygens (including phenoxy) is 2. The number of Topliss-reactive ketones (excluding diaryl/α,β-unsaturated/α-hetero) is 1. The predicted molar refractivity (Wildman–Crippen MR) is 80.4 cm³/mol. The van der Waals surface area contributed by atoms with Gasteiger partial charge in [-0.1, -0.05) is 0 Å². The summed E-state index contributed by atoms with van der Waals surface area (Å²) in [4.78, 5) is 22.9. The number of carbonyl (C=O) groups is 2. The highest BCUT2D eigenvalue weighted by Gasteiger charge is 2.16. The molecule has 1 rings (SSSR count). The van der Waals surface area contributed by atoms with Crippen molar-refractivity contribution >= 4 is 17.4 Å². The third-order valence-corrected chi connectivity index (χ3v) is 2.67. The Bertz CT molecular complexity index is 541. The topological polar surface area (TPSA) is 118 Å². The predicted octanol–water partition coefficient (Wildman–Crippen LogP) is 1.37. The maximum absolute atomic E-state index is 11.7. The van der Waals surface area contributed by atoms with E-state index < -0.39 is 18.3 Å². The molecule has 0 aliphatic heterocycles. The highest BCUT2D eigenvalue weighted by molar-refractivity contribution is 5.98. The summed E-state index contributed by atoms with van der Waals surface area (Å²) in [6, 6.07) is 5.62. The van der Waals surface area contributed by atoms with Gasteiger partial charge in [0, 0.05) is 0 Å². The van der Waals surface area contributed by atoms with Gasteiger partial charge in [-0.25, -0.2) is 0 Å². The largest absolute Gasteiger partial charge is 0.488 e. The quantitative estimate of drug-likeness (QED) is 0.306. The molecule has 0 saturated heterocycles. The van der Waals surface area contributed by atoms with E-state index in [1.165, 1.54) is 0 Å². The summed E-state index contributed by atoms with van der Waals surface area (Å²) in [6.45, 7) is 3.20. The molecule has 1 aromatic carbocycles. The van der Waals surface area contributed by atoms with Crippen molar-refractivity contribution in [1.29, 1.82) is 0 Å². The zero-order valence-electron chi connectivity index (χ0n) is 13.0. The van der Waals surface area contributed by atoms with Crippen LogP contribution < -0.4 is 4.74 Å². The summed E-state index contributed by atoms with van der Waals surface area (Å²) in [7, 11) is 0. The number of aliphatic hydroxyl groups is 2. The van der Waals surface area contributed by atoms with Crippen LogP contribution in [-0.2, 0) is 14.3 Å². The van der Waals surface area contributed by atoms with Crippen molar-refractivity contribution in [3.8, 4) is 5.75 Å². The summed E-state index contributed by atoms with van der Waals surface area (Å²) < 4.78 is 9.77. The second-order valence-corrected chi connectivity index (χ2v) is 4.63. The van der Waals surface area contributed by atoms with Crippen LogP contribution >= 0.6 is 0 Å². The van der Waals surface area contributed by atoms with Gasteiger partial charge in [-0.15, -0.1) is 0 Å². The Morgan fingerprint density at radius 2 is 1.87 bits per heavy atom. The van der Waals surface area contributed by atoms with Gasteiger partial charge in [0.1, 0.15) is 24.8 Å². The second-order valence-electron chi connectivity index (χ2n) is 4.63. The molecule has 0 saturated carbocycles. The van der Waals surface area contributed by atoms with E-state index in [4.69, 9.17) is 19.7 Å². The van der Waals surface area contributed by atoms with Crippen molar-refractivity contribution < 1.29 is 29.3 Å². The SMILES string of the molecule is CCOC(=O)CC(=O)C(C)N=Nc1ccc(OCC(O)O)cc1.